The Bertz CT molecular complexity index is 243. The normalized spacial score (nSPS) is 24.7. The molecule has 0 aromatic carbocycles. The first-order valence-corrected chi connectivity index (χ1v) is 5.06. The molecule has 0 spiro atoms. The van der Waals surface area contributed by atoms with Gasteiger partial charge in [-0.3, -0.25) is 4.79 Å². The lowest BCUT2D eigenvalue weighted by Gasteiger charge is -2.18. The Labute approximate surface area is 77.1 Å². The second-order valence-electron chi connectivity index (χ2n) is 2.52. The molecule has 0 aromatic rings. The highest BCUT2D eigenvalue weighted by Gasteiger charge is 2.15. The molecule has 3 heteroatoms. The summed E-state index contributed by atoms with van der Waals surface area (Å²) in [6.07, 6.45) is 5.03. The molecule has 1 amide bonds. The van der Waals surface area contributed by atoms with Gasteiger partial charge in [0.15, 0.2) is 0 Å². The van der Waals surface area contributed by atoms with Crippen molar-refractivity contribution in [1.29, 1.82) is 0 Å². The van der Waals surface area contributed by atoms with Crippen LogP contribution in [0.3, 0.4) is 0 Å². The van der Waals surface area contributed by atoms with Crippen LogP contribution in [0, 0.1) is 0 Å². The van der Waals surface area contributed by atoms with Crippen molar-refractivity contribution in [3.8, 4) is 0 Å². The smallest absolute Gasteiger partial charge is 0.234 e. The SMILES string of the molecule is C/C=C1/SCC(=O)N/C1=C/CC. The Morgan fingerprint density at radius 1 is 1.67 bits per heavy atom. The van der Waals surface area contributed by atoms with E-state index in [1.54, 1.807) is 11.8 Å². The van der Waals surface area contributed by atoms with E-state index < -0.39 is 0 Å². The van der Waals surface area contributed by atoms with Crippen LogP contribution >= 0.6 is 11.8 Å². The van der Waals surface area contributed by atoms with E-state index in [0.29, 0.717) is 5.75 Å². The number of carbonyl (C=O) groups is 1. The van der Waals surface area contributed by atoms with Gasteiger partial charge in [0.25, 0.3) is 0 Å². The molecule has 12 heavy (non-hydrogen) atoms. The molecule has 1 saturated heterocycles. The van der Waals surface area contributed by atoms with E-state index >= 15 is 0 Å². The van der Waals surface area contributed by atoms with Crippen molar-refractivity contribution < 1.29 is 4.79 Å². The van der Waals surface area contributed by atoms with Gasteiger partial charge in [-0.2, -0.15) is 0 Å². The maximum Gasteiger partial charge on any atom is 0.234 e. The summed E-state index contributed by atoms with van der Waals surface area (Å²) in [6.45, 7) is 4.05. The topological polar surface area (TPSA) is 29.1 Å². The van der Waals surface area contributed by atoms with E-state index in [-0.39, 0.29) is 5.91 Å². The summed E-state index contributed by atoms with van der Waals surface area (Å²) in [5.74, 6) is 0.645. The van der Waals surface area contributed by atoms with Crippen molar-refractivity contribution >= 4 is 17.7 Å². The second kappa shape index (κ2) is 4.36. The molecule has 0 unspecified atom stereocenters. The van der Waals surface area contributed by atoms with E-state index in [9.17, 15) is 4.79 Å². The van der Waals surface area contributed by atoms with Gasteiger partial charge in [-0.15, -0.1) is 11.8 Å². The van der Waals surface area contributed by atoms with Crippen molar-refractivity contribution in [2.24, 2.45) is 0 Å². The fourth-order valence-corrected chi connectivity index (χ4v) is 1.88. The maximum absolute atomic E-state index is 11.0. The molecule has 1 rings (SSSR count). The molecular formula is C9H13NOS. The standard InChI is InChI=1S/C9H13NOS/c1-3-5-7-8(4-2)12-6-9(11)10-7/h4-5H,3,6H2,1-2H3,(H,10,11)/b7-5+,8-4+. The molecule has 66 valence electrons. The number of amides is 1. The molecule has 1 heterocycles. The molecular weight excluding hydrogens is 170 g/mol. The number of allylic oxidation sites excluding steroid dienone is 2. The molecule has 0 atom stereocenters. The molecule has 1 aliphatic rings. The summed E-state index contributed by atoms with van der Waals surface area (Å²) in [5, 5.41) is 2.85. The van der Waals surface area contributed by atoms with Gasteiger partial charge in [0.1, 0.15) is 0 Å². The fourth-order valence-electron chi connectivity index (χ4n) is 1.06. The predicted molar refractivity (Wildman–Crippen MR) is 52.7 cm³/mol. The van der Waals surface area contributed by atoms with E-state index in [1.807, 2.05) is 19.1 Å². The van der Waals surface area contributed by atoms with Crippen LogP contribution in [-0.4, -0.2) is 11.7 Å². The van der Waals surface area contributed by atoms with Gasteiger partial charge in [0, 0.05) is 4.91 Å². The number of carbonyl (C=O) groups excluding carboxylic acids is 1. The third-order valence-corrected chi connectivity index (χ3v) is 2.74. The number of nitrogens with one attached hydrogen (secondary N) is 1. The number of rotatable bonds is 1. The highest BCUT2D eigenvalue weighted by molar-refractivity contribution is 8.04. The third-order valence-electron chi connectivity index (χ3n) is 1.57. The van der Waals surface area contributed by atoms with Crippen LogP contribution in [0.4, 0.5) is 0 Å². The lowest BCUT2D eigenvalue weighted by Crippen LogP contribution is -2.29. The average Bonchev–Trinajstić information content (AvgIpc) is 2.05. The van der Waals surface area contributed by atoms with Gasteiger partial charge >= 0.3 is 0 Å². The zero-order valence-electron chi connectivity index (χ0n) is 7.39. The molecule has 1 aliphatic heterocycles. The van der Waals surface area contributed by atoms with E-state index in [1.165, 1.54) is 4.91 Å². The first-order chi connectivity index (χ1) is 5.77. The lowest BCUT2D eigenvalue weighted by atomic mass is 10.3. The zero-order chi connectivity index (χ0) is 8.97. The highest BCUT2D eigenvalue weighted by atomic mass is 32.2. The van der Waals surface area contributed by atoms with Crippen LogP contribution in [-0.2, 0) is 4.79 Å². The fraction of sp³-hybridized carbons (Fsp3) is 0.444. The van der Waals surface area contributed by atoms with Crippen molar-refractivity contribution in [2.75, 3.05) is 5.75 Å². The summed E-state index contributed by atoms with van der Waals surface area (Å²) < 4.78 is 0. The largest absolute Gasteiger partial charge is 0.325 e. The minimum Gasteiger partial charge on any atom is -0.325 e. The number of hydrogen-bond acceptors (Lipinski definition) is 2. The van der Waals surface area contributed by atoms with Gasteiger partial charge in [-0.05, 0) is 13.3 Å². The molecule has 2 nitrogen and oxygen atoms in total. The first kappa shape index (κ1) is 9.39. The van der Waals surface area contributed by atoms with Crippen LogP contribution in [0.1, 0.15) is 20.3 Å². The number of thioether (sulfide) groups is 1. The van der Waals surface area contributed by atoms with Gasteiger partial charge in [0.05, 0.1) is 11.4 Å². The van der Waals surface area contributed by atoms with Gasteiger partial charge in [-0.1, -0.05) is 19.1 Å². The molecule has 0 bridgehead atoms. The predicted octanol–water partition coefficient (Wildman–Crippen LogP) is 2.05. The summed E-state index contributed by atoms with van der Waals surface area (Å²) in [4.78, 5) is 12.2. The maximum atomic E-state index is 11.0. The number of hydrogen-bond donors (Lipinski definition) is 1. The minimum absolute atomic E-state index is 0.102. The van der Waals surface area contributed by atoms with E-state index in [2.05, 4.69) is 12.2 Å². The van der Waals surface area contributed by atoms with Crippen LogP contribution in [0.5, 0.6) is 0 Å². The van der Waals surface area contributed by atoms with Gasteiger partial charge in [0.2, 0.25) is 5.91 Å². The van der Waals surface area contributed by atoms with Crippen LogP contribution < -0.4 is 5.32 Å². The molecule has 0 radical (unpaired) electrons. The Morgan fingerprint density at radius 2 is 2.42 bits per heavy atom. The lowest BCUT2D eigenvalue weighted by molar-refractivity contribution is -0.117. The Kier molecular flexibility index (Phi) is 3.41. The summed E-state index contributed by atoms with van der Waals surface area (Å²) >= 11 is 1.60. The first-order valence-electron chi connectivity index (χ1n) is 4.07. The van der Waals surface area contributed by atoms with E-state index in [0.717, 1.165) is 12.1 Å². The van der Waals surface area contributed by atoms with Crippen LogP contribution in [0.15, 0.2) is 22.8 Å². The van der Waals surface area contributed by atoms with Crippen molar-refractivity contribution in [3.63, 3.8) is 0 Å². The minimum atomic E-state index is 0.102. The summed E-state index contributed by atoms with van der Waals surface area (Å²) in [7, 11) is 0. The quantitative estimate of drug-likeness (QED) is 0.674. The van der Waals surface area contributed by atoms with Gasteiger partial charge < -0.3 is 5.32 Å². The Balaban J connectivity index is 2.78. The molecule has 1 N–H and O–H groups in total. The second-order valence-corrected chi connectivity index (χ2v) is 3.53. The Morgan fingerprint density at radius 3 is 3.00 bits per heavy atom. The van der Waals surface area contributed by atoms with E-state index in [4.69, 9.17) is 0 Å². The van der Waals surface area contributed by atoms with Crippen molar-refractivity contribution in [2.45, 2.75) is 20.3 Å². The Hall–Kier alpha value is -0.700. The zero-order valence-corrected chi connectivity index (χ0v) is 8.20. The monoisotopic (exact) mass is 183 g/mol. The molecule has 0 aromatic heterocycles. The van der Waals surface area contributed by atoms with Crippen LogP contribution in [0.2, 0.25) is 0 Å². The molecule has 1 fully saturated rings. The van der Waals surface area contributed by atoms with Crippen LogP contribution in [0.25, 0.3) is 0 Å². The third kappa shape index (κ3) is 2.14. The van der Waals surface area contributed by atoms with Crippen molar-refractivity contribution in [3.05, 3.63) is 22.8 Å². The highest BCUT2D eigenvalue weighted by Crippen LogP contribution is 2.26. The molecule has 0 saturated carbocycles. The van der Waals surface area contributed by atoms with Gasteiger partial charge in [-0.25, -0.2) is 0 Å². The summed E-state index contributed by atoms with van der Waals surface area (Å²) in [5.41, 5.74) is 0.973. The van der Waals surface area contributed by atoms with Crippen molar-refractivity contribution in [1.82, 2.24) is 5.32 Å². The average molecular weight is 183 g/mol. The summed E-state index contributed by atoms with van der Waals surface area (Å²) in [6, 6.07) is 0. The molecule has 0 aliphatic carbocycles.